The monoisotopic (exact) mass is 465 g/mol. The number of para-hydroxylation sites is 1. The summed E-state index contributed by atoms with van der Waals surface area (Å²) in [6.07, 6.45) is 10.4. The first kappa shape index (κ1) is 21.0. The Hall–Kier alpha value is -2.54. The molecule has 2 saturated heterocycles. The molecule has 2 bridgehead atoms. The van der Waals surface area contributed by atoms with Crippen molar-refractivity contribution in [3.8, 4) is 5.75 Å². The number of hydrogen-bond acceptors (Lipinski definition) is 4. The molecule has 3 atom stereocenters. The van der Waals surface area contributed by atoms with Crippen molar-refractivity contribution in [1.82, 2.24) is 15.1 Å². The minimum absolute atomic E-state index is 0.0283. The third-order valence-corrected chi connectivity index (χ3v) is 8.74. The van der Waals surface area contributed by atoms with E-state index in [1.807, 2.05) is 29.2 Å². The quantitative estimate of drug-likeness (QED) is 0.541. The molecule has 4 aliphatic rings. The van der Waals surface area contributed by atoms with Crippen LogP contribution in [0, 0.1) is 17.3 Å². The third kappa shape index (κ3) is 3.70. The maximum Gasteiger partial charge on any atom is 0.289 e. The molecule has 174 valence electrons. The lowest BCUT2D eigenvalue weighted by Gasteiger charge is -2.39. The Balaban J connectivity index is 1.06. The number of hydrogen-bond donors (Lipinski definition) is 1. The van der Waals surface area contributed by atoms with E-state index in [0.29, 0.717) is 29.1 Å². The number of furan rings is 1. The van der Waals surface area contributed by atoms with Crippen LogP contribution < -0.4 is 10.1 Å². The van der Waals surface area contributed by atoms with Crippen LogP contribution in [0.25, 0.3) is 11.0 Å². The van der Waals surface area contributed by atoms with Gasteiger partial charge in [-0.05, 0) is 73.7 Å². The molecule has 1 amide bonds. The molecule has 33 heavy (non-hydrogen) atoms. The van der Waals surface area contributed by atoms with Gasteiger partial charge in [-0.2, -0.15) is 0 Å². The molecule has 0 radical (unpaired) electrons. The second-order valence-corrected chi connectivity index (χ2v) is 10.7. The van der Waals surface area contributed by atoms with Crippen molar-refractivity contribution in [1.29, 1.82) is 0 Å². The van der Waals surface area contributed by atoms with Gasteiger partial charge in [0.05, 0.1) is 7.11 Å². The Morgan fingerprint density at radius 1 is 1.15 bits per heavy atom. The van der Waals surface area contributed by atoms with Crippen LogP contribution >= 0.6 is 12.2 Å². The number of allylic oxidation sites excluding steroid dienone is 1. The predicted molar refractivity (Wildman–Crippen MR) is 131 cm³/mol. The van der Waals surface area contributed by atoms with E-state index in [9.17, 15) is 4.79 Å². The number of benzene rings is 1. The summed E-state index contributed by atoms with van der Waals surface area (Å²) in [6, 6.07) is 8.04. The number of ether oxygens (including phenoxy) is 1. The third-order valence-electron chi connectivity index (χ3n) is 8.36. The molecule has 2 aliphatic carbocycles. The Labute approximate surface area is 199 Å². The first-order valence-corrected chi connectivity index (χ1v) is 12.5. The number of methoxy groups -OCH3 is 1. The number of nitrogens with zero attached hydrogens (tertiary/aromatic N) is 2. The molecule has 1 saturated carbocycles. The van der Waals surface area contributed by atoms with Gasteiger partial charge in [-0.3, -0.25) is 4.79 Å². The van der Waals surface area contributed by atoms with Crippen molar-refractivity contribution < 1.29 is 13.9 Å². The summed E-state index contributed by atoms with van der Waals surface area (Å²) in [5, 5.41) is 5.48. The number of rotatable bonds is 3. The summed E-state index contributed by atoms with van der Waals surface area (Å²) in [5.41, 5.74) is 0.893. The van der Waals surface area contributed by atoms with Gasteiger partial charge < -0.3 is 24.3 Å². The summed E-state index contributed by atoms with van der Waals surface area (Å²) >= 11 is 5.80. The van der Waals surface area contributed by atoms with E-state index in [1.54, 1.807) is 7.11 Å². The largest absolute Gasteiger partial charge is 0.493 e. The second kappa shape index (κ2) is 8.05. The van der Waals surface area contributed by atoms with Crippen LogP contribution in [0.4, 0.5) is 0 Å². The van der Waals surface area contributed by atoms with Gasteiger partial charge in [0.25, 0.3) is 5.91 Å². The van der Waals surface area contributed by atoms with Gasteiger partial charge in [-0.15, -0.1) is 0 Å². The number of carbonyl (C=O) groups is 1. The molecule has 3 heterocycles. The molecular formula is C26H31N3O3S. The van der Waals surface area contributed by atoms with E-state index in [1.165, 1.54) is 12.8 Å². The normalized spacial score (nSPS) is 27.6. The molecule has 7 heteroatoms. The maximum atomic E-state index is 13.1. The van der Waals surface area contributed by atoms with Crippen LogP contribution in [0.15, 0.2) is 40.8 Å². The fraction of sp³-hybridized carbons (Fsp3) is 0.538. The summed E-state index contributed by atoms with van der Waals surface area (Å²) in [7, 11) is 1.61. The zero-order valence-corrected chi connectivity index (χ0v) is 19.9. The second-order valence-electron chi connectivity index (χ2n) is 10.3. The molecule has 6 nitrogen and oxygen atoms in total. The Morgan fingerprint density at radius 3 is 2.64 bits per heavy atom. The molecular weight excluding hydrogens is 434 g/mol. The van der Waals surface area contributed by atoms with E-state index in [4.69, 9.17) is 21.4 Å². The van der Waals surface area contributed by atoms with Crippen LogP contribution in [-0.2, 0) is 0 Å². The number of nitrogens with one attached hydrogen (secondary N) is 1. The Kier molecular flexibility index (Phi) is 5.13. The maximum absolute atomic E-state index is 13.1. The minimum atomic E-state index is -0.0283. The van der Waals surface area contributed by atoms with Crippen LogP contribution in [0.1, 0.15) is 42.7 Å². The van der Waals surface area contributed by atoms with Gasteiger partial charge >= 0.3 is 0 Å². The number of carbonyl (C=O) groups excluding carboxylic acids is 1. The molecule has 1 aromatic carbocycles. The average Bonchev–Trinajstić information content (AvgIpc) is 3.62. The number of likely N-dealkylation sites (tertiary alicyclic amines) is 2. The average molecular weight is 466 g/mol. The SMILES string of the molecule is COc1cccc2cc(C(=O)N3CCC4(CC3)CCN(C(=S)NC3CC5C=CC3C5)C4)oc12. The van der Waals surface area contributed by atoms with Crippen LogP contribution in [0.5, 0.6) is 5.75 Å². The summed E-state index contributed by atoms with van der Waals surface area (Å²) in [6.45, 7) is 3.54. The van der Waals surface area contributed by atoms with Crippen molar-refractivity contribution in [3.63, 3.8) is 0 Å². The molecule has 3 fully saturated rings. The fourth-order valence-corrected chi connectivity index (χ4v) is 6.66. The highest BCUT2D eigenvalue weighted by Crippen LogP contribution is 2.42. The van der Waals surface area contributed by atoms with Crippen LogP contribution in [0.2, 0.25) is 0 Å². The predicted octanol–water partition coefficient (Wildman–Crippen LogP) is 4.21. The molecule has 2 aromatic rings. The van der Waals surface area contributed by atoms with Crippen LogP contribution in [-0.4, -0.2) is 60.2 Å². The van der Waals surface area contributed by atoms with Crippen molar-refractivity contribution in [2.75, 3.05) is 33.3 Å². The minimum Gasteiger partial charge on any atom is -0.493 e. The summed E-state index contributed by atoms with van der Waals surface area (Å²) < 4.78 is 11.3. The molecule has 2 aliphatic heterocycles. The number of piperidine rings is 1. The van der Waals surface area contributed by atoms with Gasteiger partial charge in [0.1, 0.15) is 0 Å². The van der Waals surface area contributed by atoms with Crippen molar-refractivity contribution >= 4 is 34.2 Å². The molecule has 1 spiro atoms. The number of thiocarbonyl (C=S) groups is 1. The zero-order valence-electron chi connectivity index (χ0n) is 19.1. The Morgan fingerprint density at radius 2 is 1.94 bits per heavy atom. The van der Waals surface area contributed by atoms with Gasteiger partial charge in [0.2, 0.25) is 0 Å². The van der Waals surface area contributed by atoms with E-state index in [2.05, 4.69) is 22.4 Å². The van der Waals surface area contributed by atoms with Gasteiger partial charge in [0.15, 0.2) is 22.2 Å². The Bertz CT molecular complexity index is 1120. The number of fused-ring (bicyclic) bond motifs is 3. The molecule has 3 unspecified atom stereocenters. The molecule has 1 aromatic heterocycles. The lowest BCUT2D eigenvalue weighted by molar-refractivity contribution is 0.0570. The first-order chi connectivity index (χ1) is 16.0. The summed E-state index contributed by atoms with van der Waals surface area (Å²) in [5.74, 6) is 2.41. The van der Waals surface area contributed by atoms with Crippen LogP contribution in [0.3, 0.4) is 0 Å². The highest BCUT2D eigenvalue weighted by molar-refractivity contribution is 7.80. The van der Waals surface area contributed by atoms with E-state index in [0.717, 1.165) is 61.9 Å². The van der Waals surface area contributed by atoms with E-state index < -0.39 is 0 Å². The summed E-state index contributed by atoms with van der Waals surface area (Å²) in [4.78, 5) is 17.5. The first-order valence-electron chi connectivity index (χ1n) is 12.1. The lowest BCUT2D eigenvalue weighted by atomic mass is 9.78. The van der Waals surface area contributed by atoms with Crippen molar-refractivity contribution in [3.05, 3.63) is 42.2 Å². The number of amides is 1. The van der Waals surface area contributed by atoms with Crippen molar-refractivity contribution in [2.24, 2.45) is 17.3 Å². The highest BCUT2D eigenvalue weighted by atomic mass is 32.1. The van der Waals surface area contributed by atoms with Gasteiger partial charge in [-0.1, -0.05) is 24.3 Å². The molecule has 6 rings (SSSR count). The standard InChI is InChI=1S/C26H31N3O3S/c1-31-21-4-2-3-19-15-22(32-23(19)21)24(30)28-10-7-26(8-11-28)9-12-29(16-26)25(33)27-20-14-17-5-6-18(20)13-17/h2-6,15,17-18,20H,7-14,16H2,1H3,(H,27,33). The van der Waals surface area contributed by atoms with E-state index >= 15 is 0 Å². The fourth-order valence-electron chi connectivity index (χ4n) is 6.36. The van der Waals surface area contributed by atoms with Gasteiger partial charge in [0, 0.05) is 37.6 Å². The van der Waals surface area contributed by atoms with E-state index in [-0.39, 0.29) is 11.3 Å². The smallest absolute Gasteiger partial charge is 0.289 e. The zero-order chi connectivity index (χ0) is 22.6. The van der Waals surface area contributed by atoms with Gasteiger partial charge in [-0.25, -0.2) is 0 Å². The molecule has 1 N–H and O–H groups in total. The topological polar surface area (TPSA) is 58.0 Å². The van der Waals surface area contributed by atoms with Crippen molar-refractivity contribution in [2.45, 2.75) is 38.1 Å². The lowest BCUT2D eigenvalue weighted by Crippen LogP contribution is -2.47. The highest BCUT2D eigenvalue weighted by Gasteiger charge is 2.43.